The average Bonchev–Trinajstić information content (AvgIpc) is 3.80. The van der Waals surface area contributed by atoms with Crippen LogP contribution in [0.4, 0.5) is 5.13 Å². The SMILES string of the molecule is Cn1nnnc1SCC1=C(C(=O)O)N2C(=O)C(NC(=O)C(=NO)c3csc(NC(c4ccccc4)(c4ccccc4)c4ccccc4)n3)[C@H]2SC1. The van der Waals surface area contributed by atoms with Gasteiger partial charge in [0.05, 0.1) is 0 Å². The second kappa shape index (κ2) is 14.4. The minimum atomic E-state index is -1.25. The number of thioether (sulfide) groups is 2. The number of oxime groups is 1. The molecule has 0 spiro atoms. The topological polar surface area (TPSA) is 188 Å². The summed E-state index contributed by atoms with van der Waals surface area (Å²) in [4.78, 5) is 45.0. The number of amides is 2. The molecule has 5 aromatic rings. The summed E-state index contributed by atoms with van der Waals surface area (Å²) in [5, 5.41) is 42.7. The van der Waals surface area contributed by atoms with E-state index >= 15 is 0 Å². The smallest absolute Gasteiger partial charge is 0.352 e. The molecule has 0 saturated carbocycles. The lowest BCUT2D eigenvalue weighted by molar-refractivity contribution is -0.150. The number of nitrogens with zero attached hydrogens (tertiary/aromatic N) is 7. The number of rotatable bonds is 12. The van der Waals surface area contributed by atoms with Crippen LogP contribution in [0.2, 0.25) is 0 Å². The van der Waals surface area contributed by atoms with Crippen LogP contribution < -0.4 is 10.6 Å². The van der Waals surface area contributed by atoms with E-state index in [0.29, 0.717) is 21.6 Å². The first-order valence-electron chi connectivity index (χ1n) is 15.5. The van der Waals surface area contributed by atoms with Crippen LogP contribution in [0, 0.1) is 0 Å². The Kier molecular flexibility index (Phi) is 9.57. The molecule has 0 bridgehead atoms. The Morgan fingerprint density at radius 2 is 1.61 bits per heavy atom. The van der Waals surface area contributed by atoms with E-state index in [2.05, 4.69) is 36.3 Å². The molecular formula is C34H29N9O5S3. The molecular weight excluding hydrogens is 711 g/mol. The minimum absolute atomic E-state index is 0.0919. The summed E-state index contributed by atoms with van der Waals surface area (Å²) in [6.45, 7) is 0. The number of tetrazole rings is 1. The number of hydrogen-bond acceptors (Lipinski definition) is 13. The van der Waals surface area contributed by atoms with Gasteiger partial charge < -0.3 is 20.9 Å². The minimum Gasteiger partial charge on any atom is -0.477 e. The van der Waals surface area contributed by atoms with Crippen LogP contribution in [-0.2, 0) is 27.0 Å². The predicted octanol–water partition coefficient (Wildman–Crippen LogP) is 3.78. The summed E-state index contributed by atoms with van der Waals surface area (Å²) in [7, 11) is 1.67. The second-order valence-electron chi connectivity index (χ2n) is 11.5. The number of carbonyl (C=O) groups excluding carboxylic acids is 2. The number of aryl methyl sites for hydroxylation is 1. The number of nitrogens with one attached hydrogen (secondary N) is 2. The van der Waals surface area contributed by atoms with Gasteiger partial charge in [-0.3, -0.25) is 14.5 Å². The lowest BCUT2D eigenvalue weighted by Crippen LogP contribution is -2.71. The lowest BCUT2D eigenvalue weighted by Gasteiger charge is -2.49. The number of thiazole rings is 1. The van der Waals surface area contributed by atoms with Gasteiger partial charge in [-0.05, 0) is 32.7 Å². The van der Waals surface area contributed by atoms with Crippen LogP contribution in [0.3, 0.4) is 0 Å². The fraction of sp³-hybridized carbons (Fsp3) is 0.176. The molecule has 0 aliphatic carbocycles. The molecule has 4 heterocycles. The molecule has 14 nitrogen and oxygen atoms in total. The zero-order valence-electron chi connectivity index (χ0n) is 26.8. The first-order chi connectivity index (χ1) is 24.8. The van der Waals surface area contributed by atoms with Crippen molar-refractivity contribution in [2.45, 2.75) is 22.1 Å². The summed E-state index contributed by atoms with van der Waals surface area (Å²) < 4.78 is 1.47. The molecule has 2 aromatic heterocycles. The van der Waals surface area contributed by atoms with Crippen molar-refractivity contribution < 1.29 is 24.7 Å². The number of carboxylic acids is 1. The van der Waals surface area contributed by atoms with E-state index in [1.54, 1.807) is 12.4 Å². The van der Waals surface area contributed by atoms with Gasteiger partial charge in [-0.15, -0.1) is 28.2 Å². The molecule has 2 atom stereocenters. The number of β-lactam (4-membered cyclic amide) rings is 1. The third kappa shape index (κ3) is 6.34. The lowest BCUT2D eigenvalue weighted by atomic mass is 9.77. The Morgan fingerprint density at radius 1 is 1.00 bits per heavy atom. The largest absolute Gasteiger partial charge is 0.477 e. The predicted molar refractivity (Wildman–Crippen MR) is 192 cm³/mol. The normalized spacial score (nSPS) is 17.5. The van der Waals surface area contributed by atoms with Crippen LogP contribution in [0.5, 0.6) is 0 Å². The number of carboxylic acid groups (broad SMARTS) is 1. The molecule has 2 amide bonds. The summed E-state index contributed by atoms with van der Waals surface area (Å²) >= 11 is 3.81. The average molecular weight is 740 g/mol. The molecule has 51 heavy (non-hydrogen) atoms. The molecule has 17 heteroatoms. The zero-order valence-corrected chi connectivity index (χ0v) is 29.2. The van der Waals surface area contributed by atoms with Crippen LogP contribution in [0.15, 0.2) is 118 Å². The van der Waals surface area contributed by atoms with Gasteiger partial charge in [0.2, 0.25) is 5.16 Å². The summed E-state index contributed by atoms with van der Waals surface area (Å²) in [6, 6.07) is 28.8. The number of anilines is 1. The number of hydrogen-bond donors (Lipinski definition) is 4. The fourth-order valence-electron chi connectivity index (χ4n) is 6.09. The van der Waals surface area contributed by atoms with Gasteiger partial charge in [0.1, 0.15) is 28.3 Å². The molecule has 1 saturated heterocycles. The summed E-state index contributed by atoms with van der Waals surface area (Å²) in [5.41, 5.74) is 2.09. The molecule has 2 aliphatic heterocycles. The van der Waals surface area contributed by atoms with Crippen molar-refractivity contribution in [3.63, 3.8) is 0 Å². The quantitative estimate of drug-likeness (QED) is 0.0363. The maximum Gasteiger partial charge on any atom is 0.352 e. The van der Waals surface area contributed by atoms with Crippen LogP contribution in [-0.4, -0.2) is 86.8 Å². The van der Waals surface area contributed by atoms with Gasteiger partial charge in [-0.25, -0.2) is 14.5 Å². The van der Waals surface area contributed by atoms with Gasteiger partial charge in [0.15, 0.2) is 10.8 Å². The number of benzene rings is 3. The van der Waals surface area contributed by atoms with Crippen LogP contribution in [0.1, 0.15) is 22.4 Å². The first-order valence-corrected chi connectivity index (χ1v) is 18.4. The Morgan fingerprint density at radius 3 is 2.14 bits per heavy atom. The Bertz CT molecular complexity index is 2040. The standard InChI is InChI=1S/C34H29N9O5S3/c1-42-33(38-40-41-42)51-18-20-17-49-30-26(29(45)43(30)27(20)31(46)47)36-28(44)25(39-48)24-19-50-32(35-24)37-34(21-11-5-2-6-12-21,22-13-7-3-8-14-22)23-15-9-4-10-16-23/h2-16,19,26,30,48H,17-18H2,1H3,(H,35,37)(H,36,44)(H,46,47)/t26?,30-/m1/s1. The monoisotopic (exact) mass is 739 g/mol. The van der Waals surface area contributed by atoms with Gasteiger partial charge >= 0.3 is 5.97 Å². The molecule has 1 fully saturated rings. The summed E-state index contributed by atoms with van der Waals surface area (Å²) in [6.07, 6.45) is 0. The van der Waals surface area contributed by atoms with Crippen molar-refractivity contribution in [1.82, 2.24) is 35.4 Å². The molecule has 0 radical (unpaired) electrons. The van der Waals surface area contributed by atoms with Crippen molar-refractivity contribution >= 4 is 63.5 Å². The first kappa shape index (κ1) is 34.0. The van der Waals surface area contributed by atoms with E-state index < -0.39 is 34.7 Å². The molecule has 7 rings (SSSR count). The van der Waals surface area contributed by atoms with E-state index in [9.17, 15) is 24.7 Å². The molecule has 258 valence electrons. The van der Waals surface area contributed by atoms with E-state index in [-0.39, 0.29) is 22.9 Å². The maximum absolute atomic E-state index is 13.5. The van der Waals surface area contributed by atoms with Gasteiger partial charge in [0, 0.05) is 23.9 Å². The number of carbonyl (C=O) groups is 3. The van der Waals surface area contributed by atoms with Crippen molar-refractivity contribution in [2.75, 3.05) is 16.8 Å². The highest BCUT2D eigenvalue weighted by Gasteiger charge is 2.54. The summed E-state index contributed by atoms with van der Waals surface area (Å²) in [5.74, 6) is -2.09. The zero-order chi connectivity index (χ0) is 35.5. The van der Waals surface area contributed by atoms with E-state index in [4.69, 9.17) is 0 Å². The Hall–Kier alpha value is -5.52. The second-order valence-corrected chi connectivity index (χ2v) is 14.4. The van der Waals surface area contributed by atoms with Crippen molar-refractivity contribution in [1.29, 1.82) is 0 Å². The number of aromatic nitrogens is 5. The third-order valence-electron chi connectivity index (χ3n) is 8.47. The van der Waals surface area contributed by atoms with Crippen molar-refractivity contribution in [3.05, 3.63) is 130 Å². The van der Waals surface area contributed by atoms with Gasteiger partial charge in [0.25, 0.3) is 11.8 Å². The highest BCUT2D eigenvalue weighted by Crippen LogP contribution is 2.42. The van der Waals surface area contributed by atoms with E-state index in [1.165, 1.54) is 44.4 Å². The molecule has 1 unspecified atom stereocenters. The van der Waals surface area contributed by atoms with Crippen LogP contribution >= 0.6 is 34.9 Å². The van der Waals surface area contributed by atoms with Gasteiger partial charge in [-0.2, -0.15) is 0 Å². The number of aliphatic carboxylic acids is 1. The molecule has 3 aromatic carbocycles. The van der Waals surface area contributed by atoms with Gasteiger partial charge in [-0.1, -0.05) is 108 Å². The van der Waals surface area contributed by atoms with Crippen molar-refractivity contribution in [3.8, 4) is 0 Å². The molecule has 4 N–H and O–H groups in total. The van der Waals surface area contributed by atoms with E-state index in [0.717, 1.165) is 16.7 Å². The third-order valence-corrected chi connectivity index (χ3v) is 11.7. The molecule has 2 aliphatic rings. The van der Waals surface area contributed by atoms with E-state index in [1.807, 2.05) is 91.0 Å². The fourth-order valence-corrected chi connectivity index (χ4v) is 9.18. The Balaban J connectivity index is 1.11. The number of fused-ring (bicyclic) bond motifs is 1. The maximum atomic E-state index is 13.5. The highest BCUT2D eigenvalue weighted by atomic mass is 32.2. The van der Waals surface area contributed by atoms with Crippen molar-refractivity contribution in [2.24, 2.45) is 12.2 Å². The highest BCUT2D eigenvalue weighted by molar-refractivity contribution is 8.01. The van der Waals surface area contributed by atoms with Crippen LogP contribution in [0.25, 0.3) is 0 Å². The Labute approximate surface area is 303 Å².